The molecule has 2 unspecified atom stereocenters. The van der Waals surface area contributed by atoms with Crippen molar-refractivity contribution in [1.29, 1.82) is 0 Å². The van der Waals surface area contributed by atoms with Gasteiger partial charge in [-0.05, 0) is 13.0 Å². The Morgan fingerprint density at radius 3 is 3.15 bits per heavy atom. The van der Waals surface area contributed by atoms with E-state index in [1.54, 1.807) is 11.8 Å². The average Bonchev–Trinajstić information content (AvgIpc) is 2.60. The van der Waals surface area contributed by atoms with Crippen LogP contribution in [-0.2, 0) is 0 Å². The van der Waals surface area contributed by atoms with Gasteiger partial charge in [-0.2, -0.15) is 0 Å². The molecule has 0 amide bonds. The van der Waals surface area contributed by atoms with Crippen molar-refractivity contribution in [1.82, 2.24) is 0 Å². The highest BCUT2D eigenvalue weighted by Crippen LogP contribution is 2.49. The first-order valence-electron chi connectivity index (χ1n) is 4.31. The predicted molar refractivity (Wildman–Crippen MR) is 54.3 cm³/mol. The highest BCUT2D eigenvalue weighted by molar-refractivity contribution is 8.14. The van der Waals surface area contributed by atoms with E-state index in [9.17, 15) is 0 Å². The van der Waals surface area contributed by atoms with Crippen molar-refractivity contribution in [3.8, 4) is 5.75 Å². The van der Waals surface area contributed by atoms with Gasteiger partial charge in [-0.15, -0.1) is 0 Å². The van der Waals surface area contributed by atoms with E-state index in [1.807, 2.05) is 19.1 Å². The number of hydrogen-bond acceptors (Lipinski definition) is 3. The Kier molecular flexibility index (Phi) is 1.44. The number of ether oxygens (including phenoxy) is 1. The zero-order chi connectivity index (χ0) is 8.84. The summed E-state index contributed by atoms with van der Waals surface area (Å²) in [4.78, 5) is 4.42. The number of fused-ring (bicyclic) bond motifs is 3. The number of aliphatic imine (C=N–C) groups is 1. The molecule has 0 radical (unpaired) electrons. The van der Waals surface area contributed by atoms with E-state index in [4.69, 9.17) is 4.74 Å². The largest absolute Gasteiger partial charge is 0.467 e. The Hall–Kier alpha value is -0.960. The van der Waals surface area contributed by atoms with Crippen LogP contribution in [0.3, 0.4) is 0 Å². The third-order valence-corrected chi connectivity index (χ3v) is 3.53. The molecule has 2 atom stereocenters. The van der Waals surface area contributed by atoms with Gasteiger partial charge in [0.1, 0.15) is 5.75 Å². The molecule has 0 fully saturated rings. The van der Waals surface area contributed by atoms with Crippen LogP contribution < -0.4 is 4.74 Å². The van der Waals surface area contributed by atoms with Gasteiger partial charge in [-0.3, -0.25) is 0 Å². The second-order valence-corrected chi connectivity index (χ2v) is 4.57. The predicted octanol–water partition coefficient (Wildman–Crippen LogP) is 2.61. The molecule has 0 saturated carbocycles. The van der Waals surface area contributed by atoms with Gasteiger partial charge in [-0.25, -0.2) is 4.99 Å². The Balaban J connectivity index is 2.06. The zero-order valence-corrected chi connectivity index (χ0v) is 8.04. The molecule has 2 aliphatic heterocycles. The van der Waals surface area contributed by atoms with E-state index in [0.29, 0.717) is 5.25 Å². The molecule has 2 heterocycles. The van der Waals surface area contributed by atoms with Gasteiger partial charge in [0.05, 0.1) is 10.3 Å². The summed E-state index contributed by atoms with van der Waals surface area (Å²) in [7, 11) is 0. The minimum Gasteiger partial charge on any atom is -0.467 e. The lowest BCUT2D eigenvalue weighted by molar-refractivity contribution is 0.244. The van der Waals surface area contributed by atoms with Crippen LogP contribution in [0.5, 0.6) is 5.75 Å². The van der Waals surface area contributed by atoms with Gasteiger partial charge in [0.25, 0.3) is 0 Å². The fourth-order valence-electron chi connectivity index (χ4n) is 1.78. The maximum Gasteiger partial charge on any atom is 0.206 e. The highest BCUT2D eigenvalue weighted by atomic mass is 32.2. The van der Waals surface area contributed by atoms with Gasteiger partial charge in [0, 0.05) is 5.56 Å². The lowest BCUT2D eigenvalue weighted by Crippen LogP contribution is -2.08. The van der Waals surface area contributed by atoms with E-state index >= 15 is 0 Å². The third-order valence-electron chi connectivity index (χ3n) is 2.34. The summed E-state index contributed by atoms with van der Waals surface area (Å²) in [5.74, 6) is 1.00. The molecular weight excluding hydrogens is 182 g/mol. The fraction of sp³-hybridized carbons (Fsp3) is 0.300. The molecule has 0 spiro atoms. The average molecular weight is 191 g/mol. The number of nitrogens with zero attached hydrogens (tertiary/aromatic N) is 1. The highest BCUT2D eigenvalue weighted by Gasteiger charge is 2.38. The van der Waals surface area contributed by atoms with Crippen LogP contribution >= 0.6 is 11.8 Å². The molecule has 0 aliphatic carbocycles. The monoisotopic (exact) mass is 191 g/mol. The van der Waals surface area contributed by atoms with E-state index in [2.05, 4.69) is 17.1 Å². The van der Waals surface area contributed by atoms with Gasteiger partial charge in [0.15, 0.2) is 0 Å². The summed E-state index contributed by atoms with van der Waals surface area (Å²) in [5.41, 5.74) is 1.29. The lowest BCUT2D eigenvalue weighted by Gasteiger charge is -2.03. The van der Waals surface area contributed by atoms with Crippen LogP contribution in [-0.4, -0.2) is 11.3 Å². The topological polar surface area (TPSA) is 21.6 Å². The minimum atomic E-state index is 0.0300. The first kappa shape index (κ1) is 7.44. The SMILES string of the molecule is CC1=NC2Oc3ccccc3C2S1. The Labute approximate surface area is 81.0 Å². The number of para-hydroxylation sites is 1. The molecule has 1 aromatic rings. The summed E-state index contributed by atoms with van der Waals surface area (Å²) in [6.45, 7) is 2.04. The molecular formula is C10H9NOS. The Bertz CT molecular complexity index is 388. The smallest absolute Gasteiger partial charge is 0.206 e. The minimum absolute atomic E-state index is 0.0300. The molecule has 0 aromatic heterocycles. The number of rotatable bonds is 0. The quantitative estimate of drug-likeness (QED) is 0.628. The van der Waals surface area contributed by atoms with Crippen molar-refractivity contribution < 1.29 is 4.74 Å². The van der Waals surface area contributed by atoms with Crippen molar-refractivity contribution >= 4 is 16.8 Å². The first-order chi connectivity index (χ1) is 6.34. The van der Waals surface area contributed by atoms with Crippen molar-refractivity contribution in [2.45, 2.75) is 18.4 Å². The van der Waals surface area contributed by atoms with E-state index in [1.165, 1.54) is 5.56 Å². The summed E-state index contributed by atoms with van der Waals surface area (Å²) in [6, 6.07) is 8.19. The van der Waals surface area contributed by atoms with Gasteiger partial charge in [0.2, 0.25) is 6.23 Å². The van der Waals surface area contributed by atoms with E-state index in [0.717, 1.165) is 10.8 Å². The van der Waals surface area contributed by atoms with Crippen LogP contribution in [0.25, 0.3) is 0 Å². The maximum absolute atomic E-state index is 5.69. The van der Waals surface area contributed by atoms with Crippen molar-refractivity contribution in [2.24, 2.45) is 4.99 Å². The number of hydrogen-bond donors (Lipinski definition) is 0. The molecule has 3 rings (SSSR count). The summed E-state index contributed by atoms with van der Waals surface area (Å²) >= 11 is 1.80. The van der Waals surface area contributed by atoms with Gasteiger partial charge in [-0.1, -0.05) is 30.0 Å². The Morgan fingerprint density at radius 1 is 1.38 bits per heavy atom. The lowest BCUT2D eigenvalue weighted by atomic mass is 10.1. The van der Waals surface area contributed by atoms with E-state index in [-0.39, 0.29) is 6.23 Å². The molecule has 13 heavy (non-hydrogen) atoms. The molecule has 0 saturated heterocycles. The Morgan fingerprint density at radius 2 is 2.23 bits per heavy atom. The summed E-state index contributed by atoms with van der Waals surface area (Å²) in [6.07, 6.45) is 0.0300. The normalized spacial score (nSPS) is 29.2. The van der Waals surface area contributed by atoms with Crippen LogP contribution in [0.2, 0.25) is 0 Å². The van der Waals surface area contributed by atoms with Crippen LogP contribution in [0.15, 0.2) is 29.3 Å². The number of benzene rings is 1. The molecule has 1 aromatic carbocycles. The van der Waals surface area contributed by atoms with Crippen molar-refractivity contribution in [3.63, 3.8) is 0 Å². The van der Waals surface area contributed by atoms with Crippen molar-refractivity contribution in [2.75, 3.05) is 0 Å². The van der Waals surface area contributed by atoms with Crippen LogP contribution in [0.1, 0.15) is 17.7 Å². The first-order valence-corrected chi connectivity index (χ1v) is 5.19. The van der Waals surface area contributed by atoms with E-state index < -0.39 is 0 Å². The standard InChI is InChI=1S/C10H9NOS/c1-6-11-10-9(13-6)7-4-2-3-5-8(7)12-10/h2-5,9-10H,1H3. The summed E-state index contributed by atoms with van der Waals surface area (Å²) in [5, 5.41) is 1.53. The number of thioether (sulfide) groups is 1. The second kappa shape index (κ2) is 2.51. The maximum atomic E-state index is 5.69. The molecule has 2 aliphatic rings. The fourth-order valence-corrected chi connectivity index (χ4v) is 2.86. The molecule has 66 valence electrons. The van der Waals surface area contributed by atoms with Gasteiger partial charge < -0.3 is 4.74 Å². The molecule has 0 N–H and O–H groups in total. The third kappa shape index (κ3) is 1.000. The molecule has 3 heteroatoms. The zero-order valence-electron chi connectivity index (χ0n) is 7.23. The molecule has 2 nitrogen and oxygen atoms in total. The van der Waals surface area contributed by atoms with Crippen LogP contribution in [0.4, 0.5) is 0 Å². The van der Waals surface area contributed by atoms with Crippen LogP contribution in [0, 0.1) is 0 Å². The summed E-state index contributed by atoms with van der Waals surface area (Å²) < 4.78 is 5.69. The second-order valence-electron chi connectivity index (χ2n) is 3.23. The van der Waals surface area contributed by atoms with Gasteiger partial charge >= 0.3 is 0 Å². The van der Waals surface area contributed by atoms with Crippen molar-refractivity contribution in [3.05, 3.63) is 29.8 Å². The molecule has 0 bridgehead atoms.